The summed E-state index contributed by atoms with van der Waals surface area (Å²) in [5, 5.41) is 2.83. The van der Waals surface area contributed by atoms with E-state index in [1.807, 2.05) is 0 Å². The second-order valence-corrected chi connectivity index (χ2v) is 4.15. The lowest BCUT2D eigenvalue weighted by molar-refractivity contribution is -0.120. The third-order valence-electron chi connectivity index (χ3n) is 3.13. The molecule has 0 radical (unpaired) electrons. The van der Waals surface area contributed by atoms with Gasteiger partial charge in [0.2, 0.25) is 5.91 Å². The Labute approximate surface area is 94.5 Å². The van der Waals surface area contributed by atoms with Gasteiger partial charge in [0.1, 0.15) is 6.33 Å². The lowest BCUT2D eigenvalue weighted by Gasteiger charge is -2.16. The van der Waals surface area contributed by atoms with Crippen LogP contribution in [0.1, 0.15) is 19.3 Å². The average molecular weight is 220 g/mol. The van der Waals surface area contributed by atoms with Crippen LogP contribution in [0.25, 0.3) is 0 Å². The second-order valence-electron chi connectivity index (χ2n) is 4.15. The van der Waals surface area contributed by atoms with E-state index in [-0.39, 0.29) is 11.8 Å². The largest absolute Gasteiger partial charge is 0.330 e. The summed E-state index contributed by atoms with van der Waals surface area (Å²) in [4.78, 5) is 19.7. The van der Waals surface area contributed by atoms with Gasteiger partial charge in [-0.1, -0.05) is 6.42 Å². The Kier molecular flexibility index (Phi) is 3.46. The zero-order valence-corrected chi connectivity index (χ0v) is 9.10. The van der Waals surface area contributed by atoms with Gasteiger partial charge in [-0.3, -0.25) is 4.79 Å². The van der Waals surface area contributed by atoms with Crippen LogP contribution in [0.3, 0.4) is 0 Å². The Hall–Kier alpha value is -1.49. The fourth-order valence-corrected chi connectivity index (χ4v) is 2.26. The van der Waals surface area contributed by atoms with Crippen LogP contribution in [0.2, 0.25) is 0 Å². The lowest BCUT2D eigenvalue weighted by atomic mass is 9.95. The summed E-state index contributed by atoms with van der Waals surface area (Å²) in [6, 6.07) is 0. The molecule has 0 bridgehead atoms. The number of anilines is 1. The number of nitrogens with two attached hydrogens (primary N) is 1. The van der Waals surface area contributed by atoms with Gasteiger partial charge in [-0.05, 0) is 25.3 Å². The van der Waals surface area contributed by atoms with Crippen molar-refractivity contribution >= 4 is 11.6 Å². The highest BCUT2D eigenvalue weighted by Crippen LogP contribution is 2.31. The standard InChI is InChI=1S/C11H16N4O/c12-4-8-2-1-3-10(8)11(16)15-9-5-13-7-14-6-9/h5-8,10H,1-4,12H2,(H,15,16). The Morgan fingerprint density at radius 2 is 2.19 bits per heavy atom. The maximum absolute atomic E-state index is 12.0. The molecular formula is C11H16N4O. The number of aromatic nitrogens is 2. The van der Waals surface area contributed by atoms with Crippen molar-refractivity contribution in [2.75, 3.05) is 11.9 Å². The maximum atomic E-state index is 12.0. The highest BCUT2D eigenvalue weighted by molar-refractivity contribution is 5.92. The van der Waals surface area contributed by atoms with E-state index >= 15 is 0 Å². The van der Waals surface area contributed by atoms with Crippen LogP contribution < -0.4 is 11.1 Å². The first kappa shape index (κ1) is 11.0. The van der Waals surface area contributed by atoms with Gasteiger partial charge in [0.15, 0.2) is 0 Å². The number of carbonyl (C=O) groups is 1. The predicted octanol–water partition coefficient (Wildman–Crippen LogP) is 0.790. The van der Waals surface area contributed by atoms with Crippen molar-refractivity contribution in [2.45, 2.75) is 19.3 Å². The van der Waals surface area contributed by atoms with Crippen molar-refractivity contribution in [3.05, 3.63) is 18.7 Å². The smallest absolute Gasteiger partial charge is 0.227 e. The number of carbonyl (C=O) groups excluding carboxylic acids is 1. The minimum Gasteiger partial charge on any atom is -0.330 e. The number of nitrogens with zero attached hydrogens (tertiary/aromatic N) is 2. The Bertz CT molecular complexity index is 354. The van der Waals surface area contributed by atoms with Crippen molar-refractivity contribution in [1.29, 1.82) is 0 Å². The SMILES string of the molecule is NCC1CCCC1C(=O)Nc1cncnc1. The maximum Gasteiger partial charge on any atom is 0.227 e. The van der Waals surface area contributed by atoms with Crippen molar-refractivity contribution in [3.8, 4) is 0 Å². The van der Waals surface area contributed by atoms with Gasteiger partial charge in [-0.15, -0.1) is 0 Å². The summed E-state index contributed by atoms with van der Waals surface area (Å²) >= 11 is 0. The lowest BCUT2D eigenvalue weighted by Crippen LogP contribution is -2.29. The van der Waals surface area contributed by atoms with Gasteiger partial charge in [-0.2, -0.15) is 0 Å². The molecule has 1 aromatic rings. The van der Waals surface area contributed by atoms with E-state index in [0.29, 0.717) is 18.2 Å². The first-order valence-electron chi connectivity index (χ1n) is 5.57. The molecule has 0 spiro atoms. The summed E-state index contributed by atoms with van der Waals surface area (Å²) in [6.45, 7) is 0.587. The molecule has 1 heterocycles. The van der Waals surface area contributed by atoms with Gasteiger partial charge in [0, 0.05) is 5.92 Å². The fourth-order valence-electron chi connectivity index (χ4n) is 2.26. The first-order valence-corrected chi connectivity index (χ1v) is 5.57. The molecule has 2 rings (SSSR count). The molecule has 2 atom stereocenters. The topological polar surface area (TPSA) is 80.9 Å². The van der Waals surface area contributed by atoms with E-state index in [0.717, 1.165) is 19.3 Å². The minimum atomic E-state index is 0.0442. The van der Waals surface area contributed by atoms with E-state index in [4.69, 9.17) is 5.73 Å². The molecule has 5 heteroatoms. The molecule has 2 unspecified atom stereocenters. The fraction of sp³-hybridized carbons (Fsp3) is 0.545. The van der Waals surface area contributed by atoms with E-state index in [9.17, 15) is 4.79 Å². The van der Waals surface area contributed by atoms with Crippen LogP contribution in [-0.2, 0) is 4.79 Å². The van der Waals surface area contributed by atoms with Crippen LogP contribution in [0.4, 0.5) is 5.69 Å². The number of hydrogen-bond acceptors (Lipinski definition) is 4. The second kappa shape index (κ2) is 5.03. The van der Waals surface area contributed by atoms with Crippen LogP contribution in [0, 0.1) is 11.8 Å². The molecular weight excluding hydrogens is 204 g/mol. The van der Waals surface area contributed by atoms with Crippen LogP contribution >= 0.6 is 0 Å². The monoisotopic (exact) mass is 220 g/mol. The van der Waals surface area contributed by atoms with E-state index in [1.165, 1.54) is 6.33 Å². The Balaban J connectivity index is 1.98. The first-order chi connectivity index (χ1) is 7.81. The molecule has 1 aliphatic carbocycles. The number of amides is 1. The highest BCUT2D eigenvalue weighted by atomic mass is 16.1. The predicted molar refractivity (Wildman–Crippen MR) is 60.5 cm³/mol. The molecule has 1 amide bonds. The van der Waals surface area contributed by atoms with E-state index < -0.39 is 0 Å². The molecule has 1 aliphatic rings. The molecule has 5 nitrogen and oxygen atoms in total. The van der Waals surface area contributed by atoms with Gasteiger partial charge >= 0.3 is 0 Å². The molecule has 0 saturated heterocycles. The summed E-state index contributed by atoms with van der Waals surface area (Å²) in [5.74, 6) is 0.414. The summed E-state index contributed by atoms with van der Waals surface area (Å²) in [6.07, 6.45) is 7.70. The van der Waals surface area contributed by atoms with Gasteiger partial charge in [-0.25, -0.2) is 9.97 Å². The van der Waals surface area contributed by atoms with Gasteiger partial charge < -0.3 is 11.1 Å². The van der Waals surface area contributed by atoms with Crippen molar-refractivity contribution in [3.63, 3.8) is 0 Å². The third kappa shape index (κ3) is 2.36. The normalized spacial score (nSPS) is 24.3. The number of rotatable bonds is 3. The summed E-state index contributed by atoms with van der Waals surface area (Å²) in [7, 11) is 0. The van der Waals surface area contributed by atoms with Crippen LogP contribution in [-0.4, -0.2) is 22.4 Å². The Morgan fingerprint density at radius 1 is 1.44 bits per heavy atom. The zero-order valence-electron chi connectivity index (χ0n) is 9.10. The van der Waals surface area contributed by atoms with Crippen LogP contribution in [0.5, 0.6) is 0 Å². The molecule has 86 valence electrons. The van der Waals surface area contributed by atoms with Crippen molar-refractivity contribution < 1.29 is 4.79 Å². The van der Waals surface area contributed by atoms with Gasteiger partial charge in [0.25, 0.3) is 0 Å². The van der Waals surface area contributed by atoms with Crippen molar-refractivity contribution in [2.24, 2.45) is 17.6 Å². The van der Waals surface area contributed by atoms with E-state index in [2.05, 4.69) is 15.3 Å². The van der Waals surface area contributed by atoms with Crippen molar-refractivity contribution in [1.82, 2.24) is 9.97 Å². The molecule has 0 aromatic carbocycles. The quantitative estimate of drug-likeness (QED) is 0.789. The molecule has 1 fully saturated rings. The van der Waals surface area contributed by atoms with Crippen LogP contribution in [0.15, 0.2) is 18.7 Å². The molecule has 1 aromatic heterocycles. The summed E-state index contributed by atoms with van der Waals surface area (Å²) in [5.41, 5.74) is 6.30. The average Bonchev–Trinajstić information content (AvgIpc) is 2.78. The molecule has 0 aliphatic heterocycles. The van der Waals surface area contributed by atoms with Gasteiger partial charge in [0.05, 0.1) is 18.1 Å². The molecule has 3 N–H and O–H groups in total. The minimum absolute atomic E-state index is 0.0442. The molecule has 16 heavy (non-hydrogen) atoms. The third-order valence-corrected chi connectivity index (χ3v) is 3.13. The highest BCUT2D eigenvalue weighted by Gasteiger charge is 2.31. The number of nitrogens with one attached hydrogen (secondary N) is 1. The number of hydrogen-bond donors (Lipinski definition) is 2. The molecule has 1 saturated carbocycles. The Morgan fingerprint density at radius 3 is 2.88 bits per heavy atom. The zero-order chi connectivity index (χ0) is 11.4. The summed E-state index contributed by atoms with van der Waals surface area (Å²) < 4.78 is 0. The van der Waals surface area contributed by atoms with E-state index in [1.54, 1.807) is 12.4 Å².